The second-order valence-corrected chi connectivity index (χ2v) is 6.48. The highest BCUT2D eigenvalue weighted by atomic mass is 16.6. The Kier molecular flexibility index (Phi) is 8.61. The summed E-state index contributed by atoms with van der Waals surface area (Å²) in [4.78, 5) is 23.0. The van der Waals surface area contributed by atoms with Crippen LogP contribution in [-0.4, -0.2) is 35.9 Å². The number of amides is 1. The van der Waals surface area contributed by atoms with Crippen molar-refractivity contribution in [3.8, 4) is 17.2 Å². The summed E-state index contributed by atoms with van der Waals surface area (Å²) in [6, 6.07) is 8.51. The van der Waals surface area contributed by atoms with E-state index in [0.717, 1.165) is 25.7 Å². The normalized spacial score (nSPS) is 10.7. The first kappa shape index (κ1) is 22.7. The molecule has 9 nitrogen and oxygen atoms in total. The third-order valence-electron chi connectivity index (χ3n) is 4.23. The molecule has 0 aliphatic rings. The van der Waals surface area contributed by atoms with Gasteiger partial charge in [-0.3, -0.25) is 14.9 Å². The summed E-state index contributed by atoms with van der Waals surface area (Å²) in [6.07, 6.45) is 5.21. The van der Waals surface area contributed by atoms with Gasteiger partial charge in [0.25, 0.3) is 5.91 Å². The van der Waals surface area contributed by atoms with Gasteiger partial charge in [-0.15, -0.1) is 0 Å². The highest BCUT2D eigenvalue weighted by Gasteiger charge is 2.22. The van der Waals surface area contributed by atoms with Crippen LogP contribution in [0, 0.1) is 10.1 Å². The molecule has 2 aromatic rings. The summed E-state index contributed by atoms with van der Waals surface area (Å²) in [5.74, 6) is -0.155. The van der Waals surface area contributed by atoms with E-state index in [1.54, 1.807) is 6.07 Å². The van der Waals surface area contributed by atoms with Crippen molar-refractivity contribution in [3.63, 3.8) is 0 Å². The average Bonchev–Trinajstić information content (AvgIpc) is 2.74. The molecule has 2 rings (SSSR count). The van der Waals surface area contributed by atoms with Gasteiger partial charge in [0.2, 0.25) is 5.75 Å². The predicted octanol–water partition coefficient (Wildman–Crippen LogP) is 4.03. The zero-order chi connectivity index (χ0) is 21.9. The Morgan fingerprint density at radius 2 is 1.97 bits per heavy atom. The van der Waals surface area contributed by atoms with E-state index in [2.05, 4.69) is 17.5 Å². The zero-order valence-corrected chi connectivity index (χ0v) is 17.0. The minimum Gasteiger partial charge on any atom is -0.508 e. The number of methoxy groups -OCH3 is 1. The van der Waals surface area contributed by atoms with Crippen LogP contribution in [0.25, 0.3) is 0 Å². The van der Waals surface area contributed by atoms with Gasteiger partial charge in [0.1, 0.15) is 5.75 Å². The van der Waals surface area contributed by atoms with E-state index >= 15 is 0 Å². The number of carbonyl (C=O) groups excluding carboxylic acids is 1. The number of unbranched alkanes of at least 4 members (excludes halogenated alkanes) is 3. The van der Waals surface area contributed by atoms with Crippen LogP contribution in [0.5, 0.6) is 17.2 Å². The quantitative estimate of drug-likeness (QED) is 0.247. The van der Waals surface area contributed by atoms with Crippen molar-refractivity contribution in [1.29, 1.82) is 0 Å². The molecule has 0 aromatic heterocycles. The van der Waals surface area contributed by atoms with Gasteiger partial charge in [-0.05, 0) is 36.8 Å². The van der Waals surface area contributed by atoms with Crippen LogP contribution in [0.2, 0.25) is 0 Å². The SMILES string of the molecule is CCCCCCOc1c(OC)cc(/C=N\NC(=O)c2ccc(O)cc2)cc1[N+](=O)[O-]. The van der Waals surface area contributed by atoms with E-state index in [9.17, 15) is 20.0 Å². The Hall–Kier alpha value is -3.62. The molecular weight excluding hydrogens is 390 g/mol. The Morgan fingerprint density at radius 1 is 1.23 bits per heavy atom. The molecule has 0 spiro atoms. The molecular formula is C21H25N3O6. The molecule has 0 saturated heterocycles. The lowest BCUT2D eigenvalue weighted by Gasteiger charge is -2.12. The van der Waals surface area contributed by atoms with Gasteiger partial charge in [0, 0.05) is 17.2 Å². The lowest BCUT2D eigenvalue weighted by molar-refractivity contribution is -0.386. The van der Waals surface area contributed by atoms with Gasteiger partial charge >= 0.3 is 5.69 Å². The van der Waals surface area contributed by atoms with E-state index in [1.807, 2.05) is 0 Å². The fourth-order valence-electron chi connectivity index (χ4n) is 2.66. The minimum atomic E-state index is -0.545. The van der Waals surface area contributed by atoms with Crippen LogP contribution >= 0.6 is 0 Å². The third-order valence-corrected chi connectivity index (χ3v) is 4.23. The summed E-state index contributed by atoms with van der Waals surface area (Å²) in [7, 11) is 1.40. The number of phenols is 1. The predicted molar refractivity (Wildman–Crippen MR) is 112 cm³/mol. The molecule has 2 N–H and O–H groups in total. The number of phenolic OH excluding ortho intramolecular Hbond substituents is 1. The number of benzene rings is 2. The maximum atomic E-state index is 12.0. The molecule has 0 unspecified atom stereocenters. The maximum Gasteiger partial charge on any atom is 0.315 e. The number of carbonyl (C=O) groups is 1. The van der Waals surface area contributed by atoms with Crippen molar-refractivity contribution < 1.29 is 24.3 Å². The maximum absolute atomic E-state index is 12.0. The number of aromatic hydroxyl groups is 1. The van der Waals surface area contributed by atoms with E-state index in [0.29, 0.717) is 17.7 Å². The van der Waals surface area contributed by atoms with Crippen LogP contribution in [0.1, 0.15) is 48.5 Å². The first-order valence-electron chi connectivity index (χ1n) is 9.58. The lowest BCUT2D eigenvalue weighted by Crippen LogP contribution is -2.17. The Balaban J connectivity index is 2.13. The van der Waals surface area contributed by atoms with Crippen LogP contribution in [0.4, 0.5) is 5.69 Å². The van der Waals surface area contributed by atoms with Crippen LogP contribution in [0.3, 0.4) is 0 Å². The van der Waals surface area contributed by atoms with Crippen molar-refractivity contribution in [2.75, 3.05) is 13.7 Å². The smallest absolute Gasteiger partial charge is 0.315 e. The number of nitrogens with zero attached hydrogens (tertiary/aromatic N) is 2. The van der Waals surface area contributed by atoms with Crippen LogP contribution < -0.4 is 14.9 Å². The van der Waals surface area contributed by atoms with Crippen molar-refractivity contribution in [2.45, 2.75) is 32.6 Å². The monoisotopic (exact) mass is 415 g/mol. The fourth-order valence-corrected chi connectivity index (χ4v) is 2.66. The van der Waals surface area contributed by atoms with E-state index in [-0.39, 0.29) is 22.9 Å². The Bertz CT molecular complexity index is 896. The number of rotatable bonds is 11. The number of nitro benzene ring substituents is 1. The molecule has 0 heterocycles. The van der Waals surface area contributed by atoms with Gasteiger partial charge in [-0.25, -0.2) is 5.43 Å². The summed E-state index contributed by atoms with van der Waals surface area (Å²) < 4.78 is 10.9. The summed E-state index contributed by atoms with van der Waals surface area (Å²) >= 11 is 0. The molecule has 9 heteroatoms. The van der Waals surface area contributed by atoms with E-state index in [4.69, 9.17) is 9.47 Å². The van der Waals surface area contributed by atoms with Crippen LogP contribution in [-0.2, 0) is 0 Å². The molecule has 0 aliphatic heterocycles. The van der Waals surface area contributed by atoms with Gasteiger partial charge in [0.15, 0.2) is 5.75 Å². The van der Waals surface area contributed by atoms with Crippen molar-refractivity contribution in [2.24, 2.45) is 5.10 Å². The second kappa shape index (κ2) is 11.4. The van der Waals surface area contributed by atoms with Gasteiger partial charge < -0.3 is 14.6 Å². The highest BCUT2D eigenvalue weighted by molar-refractivity contribution is 5.95. The summed E-state index contributed by atoms with van der Waals surface area (Å²) in [6.45, 7) is 2.45. The second-order valence-electron chi connectivity index (χ2n) is 6.48. The third kappa shape index (κ3) is 6.47. The van der Waals surface area contributed by atoms with Crippen molar-refractivity contribution in [3.05, 3.63) is 57.6 Å². The molecule has 30 heavy (non-hydrogen) atoms. The van der Waals surface area contributed by atoms with Gasteiger partial charge in [0.05, 0.1) is 24.9 Å². The molecule has 1 amide bonds. The molecule has 2 aromatic carbocycles. The summed E-state index contributed by atoms with van der Waals surface area (Å²) in [5, 5.41) is 24.6. The van der Waals surface area contributed by atoms with Crippen molar-refractivity contribution in [1.82, 2.24) is 5.43 Å². The standard InChI is InChI=1S/C21H25N3O6/c1-3-4-5-6-11-30-20-18(24(27)28)12-15(13-19(20)29-2)14-22-23-21(26)16-7-9-17(25)10-8-16/h7-10,12-14,25H,3-6,11H2,1-2H3,(H,23,26)/b22-14-. The molecule has 0 aliphatic carbocycles. The number of hydrogen-bond donors (Lipinski definition) is 2. The number of hydrogen-bond acceptors (Lipinski definition) is 7. The van der Waals surface area contributed by atoms with Crippen molar-refractivity contribution >= 4 is 17.8 Å². The van der Waals surface area contributed by atoms with E-state index in [1.165, 1.54) is 43.7 Å². The molecule has 160 valence electrons. The lowest BCUT2D eigenvalue weighted by atomic mass is 10.1. The zero-order valence-electron chi connectivity index (χ0n) is 17.0. The first-order chi connectivity index (χ1) is 14.5. The Morgan fingerprint density at radius 3 is 2.60 bits per heavy atom. The number of ether oxygens (including phenoxy) is 2. The Labute approximate surface area is 174 Å². The first-order valence-corrected chi connectivity index (χ1v) is 9.58. The molecule has 0 fully saturated rings. The molecule has 0 bridgehead atoms. The highest BCUT2D eigenvalue weighted by Crippen LogP contribution is 2.38. The number of hydrazone groups is 1. The average molecular weight is 415 g/mol. The molecule has 0 atom stereocenters. The number of nitro groups is 1. The molecule has 0 saturated carbocycles. The topological polar surface area (TPSA) is 123 Å². The van der Waals surface area contributed by atoms with Gasteiger partial charge in [-0.1, -0.05) is 26.2 Å². The largest absolute Gasteiger partial charge is 0.508 e. The summed E-state index contributed by atoms with van der Waals surface area (Å²) in [5.41, 5.74) is 2.76. The van der Waals surface area contributed by atoms with Crippen LogP contribution in [0.15, 0.2) is 41.5 Å². The molecule has 0 radical (unpaired) electrons. The number of nitrogens with one attached hydrogen (secondary N) is 1. The fraction of sp³-hybridized carbons (Fsp3) is 0.333. The minimum absolute atomic E-state index is 0.0436. The van der Waals surface area contributed by atoms with Gasteiger partial charge in [-0.2, -0.15) is 5.10 Å². The van der Waals surface area contributed by atoms with E-state index < -0.39 is 10.8 Å².